The Morgan fingerprint density at radius 3 is 2.76 bits per heavy atom. The summed E-state index contributed by atoms with van der Waals surface area (Å²) in [6.07, 6.45) is 0. The lowest BCUT2D eigenvalue weighted by atomic mass is 10.1. The summed E-state index contributed by atoms with van der Waals surface area (Å²) in [7, 11) is 0. The first kappa shape index (κ1) is 12.9. The molecule has 0 spiro atoms. The number of rotatable bonds is 2. The Hall–Kier alpha value is -3.06. The van der Waals surface area contributed by atoms with Crippen LogP contribution in [0.4, 0.5) is 5.69 Å². The van der Waals surface area contributed by atoms with Gasteiger partial charge in [0, 0.05) is 16.8 Å². The Morgan fingerprint density at radius 2 is 1.95 bits per heavy atom. The summed E-state index contributed by atoms with van der Waals surface area (Å²) in [5.41, 5.74) is 8.31. The van der Waals surface area contributed by atoms with Crippen LogP contribution >= 0.6 is 0 Å². The molecule has 0 aliphatic heterocycles. The third kappa shape index (κ3) is 2.49. The summed E-state index contributed by atoms with van der Waals surface area (Å²) in [6.45, 7) is 1.93. The minimum atomic E-state index is 0.402. The van der Waals surface area contributed by atoms with Crippen LogP contribution < -0.4 is 10.5 Å². The maximum atomic E-state index is 9.18. The molecule has 0 aliphatic rings. The Balaban J connectivity index is 2.11. The molecule has 0 saturated carbocycles. The van der Waals surface area contributed by atoms with Crippen LogP contribution in [0.15, 0.2) is 48.5 Å². The lowest BCUT2D eigenvalue weighted by Crippen LogP contribution is -1.93. The summed E-state index contributed by atoms with van der Waals surface area (Å²) >= 11 is 0. The Labute approximate surface area is 122 Å². The Kier molecular flexibility index (Phi) is 3.17. The minimum absolute atomic E-state index is 0.402. The first-order valence-electron chi connectivity index (χ1n) is 6.51. The second kappa shape index (κ2) is 5.14. The Morgan fingerprint density at radius 1 is 1.10 bits per heavy atom. The fraction of sp³-hybridized carbons (Fsp3) is 0.0588. The minimum Gasteiger partial charge on any atom is -0.454 e. The number of fused-ring (bicyclic) bond motifs is 1. The number of nitrogen functional groups attached to an aromatic ring is 1. The molecule has 0 atom stereocenters. The zero-order chi connectivity index (χ0) is 14.8. The summed E-state index contributed by atoms with van der Waals surface area (Å²) < 4.78 is 5.88. The van der Waals surface area contributed by atoms with Gasteiger partial charge in [0.25, 0.3) is 0 Å². The van der Waals surface area contributed by atoms with E-state index in [1.807, 2.05) is 37.3 Å². The lowest BCUT2D eigenvalue weighted by molar-refractivity contribution is 0.485. The molecule has 4 nitrogen and oxygen atoms in total. The SMILES string of the molecule is Cc1ccc2cccc(Oc3ccc(N)cc3C#N)c2n1. The molecule has 0 radical (unpaired) electrons. The number of para-hydroxylation sites is 1. The zero-order valence-electron chi connectivity index (χ0n) is 11.5. The molecule has 0 aliphatic carbocycles. The van der Waals surface area contributed by atoms with Crippen LogP contribution in [0, 0.1) is 18.3 Å². The van der Waals surface area contributed by atoms with Crippen molar-refractivity contribution in [1.82, 2.24) is 4.98 Å². The van der Waals surface area contributed by atoms with Gasteiger partial charge in [-0.1, -0.05) is 18.2 Å². The first-order valence-corrected chi connectivity index (χ1v) is 6.51. The summed E-state index contributed by atoms with van der Waals surface area (Å²) in [5.74, 6) is 1.10. The van der Waals surface area contributed by atoms with E-state index in [1.54, 1.807) is 18.2 Å². The van der Waals surface area contributed by atoms with Crippen molar-refractivity contribution in [3.05, 3.63) is 59.8 Å². The molecule has 1 aromatic heterocycles. The molecule has 2 N–H and O–H groups in total. The van der Waals surface area contributed by atoms with Crippen LogP contribution in [0.3, 0.4) is 0 Å². The van der Waals surface area contributed by atoms with Crippen molar-refractivity contribution in [3.8, 4) is 17.6 Å². The molecule has 4 heteroatoms. The highest BCUT2D eigenvalue weighted by Crippen LogP contribution is 2.31. The molecule has 21 heavy (non-hydrogen) atoms. The van der Waals surface area contributed by atoms with Gasteiger partial charge >= 0.3 is 0 Å². The highest BCUT2D eigenvalue weighted by atomic mass is 16.5. The maximum absolute atomic E-state index is 9.18. The van der Waals surface area contributed by atoms with Crippen molar-refractivity contribution < 1.29 is 4.74 Å². The van der Waals surface area contributed by atoms with Crippen molar-refractivity contribution in [2.75, 3.05) is 5.73 Å². The van der Waals surface area contributed by atoms with Gasteiger partial charge in [-0.25, -0.2) is 4.98 Å². The predicted molar refractivity (Wildman–Crippen MR) is 82.1 cm³/mol. The zero-order valence-corrected chi connectivity index (χ0v) is 11.5. The monoisotopic (exact) mass is 275 g/mol. The number of aromatic nitrogens is 1. The van der Waals surface area contributed by atoms with Gasteiger partial charge in [-0.05, 0) is 37.3 Å². The van der Waals surface area contributed by atoms with Gasteiger partial charge in [0.05, 0.1) is 5.56 Å². The van der Waals surface area contributed by atoms with Crippen molar-refractivity contribution in [3.63, 3.8) is 0 Å². The smallest absolute Gasteiger partial charge is 0.153 e. The van der Waals surface area contributed by atoms with E-state index in [9.17, 15) is 5.26 Å². The molecular weight excluding hydrogens is 262 g/mol. The second-order valence-corrected chi connectivity index (χ2v) is 4.75. The number of anilines is 1. The van der Waals surface area contributed by atoms with E-state index in [0.717, 1.165) is 16.6 Å². The molecule has 2 aromatic carbocycles. The third-order valence-corrected chi connectivity index (χ3v) is 3.17. The molecule has 0 bridgehead atoms. The van der Waals surface area contributed by atoms with Crippen molar-refractivity contribution >= 4 is 16.6 Å². The van der Waals surface area contributed by atoms with Gasteiger partial charge in [0.1, 0.15) is 17.3 Å². The van der Waals surface area contributed by atoms with Gasteiger partial charge in [0.15, 0.2) is 5.75 Å². The van der Waals surface area contributed by atoms with Crippen LogP contribution in [0.5, 0.6) is 11.5 Å². The molecule has 3 rings (SSSR count). The number of hydrogen-bond donors (Lipinski definition) is 1. The topological polar surface area (TPSA) is 71.9 Å². The fourth-order valence-electron chi connectivity index (χ4n) is 2.14. The van der Waals surface area contributed by atoms with Crippen molar-refractivity contribution in [1.29, 1.82) is 5.26 Å². The van der Waals surface area contributed by atoms with E-state index in [2.05, 4.69) is 11.1 Å². The van der Waals surface area contributed by atoms with Gasteiger partial charge in [-0.15, -0.1) is 0 Å². The number of ether oxygens (including phenoxy) is 1. The van der Waals surface area contributed by atoms with Gasteiger partial charge < -0.3 is 10.5 Å². The number of nitrogens with zero attached hydrogens (tertiary/aromatic N) is 2. The van der Waals surface area contributed by atoms with Gasteiger partial charge in [-0.2, -0.15) is 5.26 Å². The largest absolute Gasteiger partial charge is 0.454 e. The quantitative estimate of drug-likeness (QED) is 0.722. The van der Waals surface area contributed by atoms with E-state index < -0.39 is 0 Å². The van der Waals surface area contributed by atoms with Crippen molar-refractivity contribution in [2.24, 2.45) is 0 Å². The standard InChI is InChI=1S/C17H13N3O/c1-11-5-6-12-3-2-4-16(17(12)20-11)21-15-8-7-14(19)9-13(15)10-18/h2-9H,19H2,1H3. The molecular formula is C17H13N3O. The van der Waals surface area contributed by atoms with Crippen LogP contribution in [0.2, 0.25) is 0 Å². The summed E-state index contributed by atoms with van der Waals surface area (Å²) in [5, 5.41) is 10.2. The Bertz CT molecular complexity index is 866. The fourth-order valence-corrected chi connectivity index (χ4v) is 2.14. The average Bonchev–Trinajstić information content (AvgIpc) is 2.49. The summed E-state index contributed by atoms with van der Waals surface area (Å²) in [6, 6.07) is 16.8. The van der Waals surface area contributed by atoms with Crippen LogP contribution in [-0.2, 0) is 0 Å². The van der Waals surface area contributed by atoms with Crippen LogP contribution in [0.1, 0.15) is 11.3 Å². The van der Waals surface area contributed by atoms with E-state index in [0.29, 0.717) is 22.7 Å². The molecule has 0 fully saturated rings. The number of benzene rings is 2. The number of nitrogens with two attached hydrogens (primary N) is 1. The van der Waals surface area contributed by atoms with E-state index in [-0.39, 0.29) is 0 Å². The maximum Gasteiger partial charge on any atom is 0.153 e. The molecule has 0 saturated heterocycles. The highest BCUT2D eigenvalue weighted by Gasteiger charge is 2.09. The van der Waals surface area contributed by atoms with Crippen LogP contribution in [0.25, 0.3) is 10.9 Å². The average molecular weight is 275 g/mol. The van der Waals surface area contributed by atoms with E-state index in [1.165, 1.54) is 0 Å². The number of hydrogen-bond acceptors (Lipinski definition) is 4. The van der Waals surface area contributed by atoms with E-state index >= 15 is 0 Å². The lowest BCUT2D eigenvalue weighted by Gasteiger charge is -2.10. The third-order valence-electron chi connectivity index (χ3n) is 3.17. The molecule has 1 heterocycles. The number of aryl methyl sites for hydroxylation is 1. The predicted octanol–water partition coefficient (Wildman–Crippen LogP) is 3.79. The number of nitriles is 1. The van der Waals surface area contributed by atoms with Crippen LogP contribution in [-0.4, -0.2) is 4.98 Å². The molecule has 0 amide bonds. The number of pyridine rings is 1. The van der Waals surface area contributed by atoms with E-state index in [4.69, 9.17) is 10.5 Å². The highest BCUT2D eigenvalue weighted by molar-refractivity contribution is 5.85. The summed E-state index contributed by atoms with van der Waals surface area (Å²) in [4.78, 5) is 4.51. The molecule has 0 unspecified atom stereocenters. The van der Waals surface area contributed by atoms with Gasteiger partial charge in [0.2, 0.25) is 0 Å². The second-order valence-electron chi connectivity index (χ2n) is 4.75. The first-order chi connectivity index (χ1) is 10.2. The van der Waals surface area contributed by atoms with Crippen molar-refractivity contribution in [2.45, 2.75) is 6.92 Å². The van der Waals surface area contributed by atoms with Gasteiger partial charge in [-0.3, -0.25) is 0 Å². The molecule has 3 aromatic rings. The molecule has 102 valence electrons. The normalized spacial score (nSPS) is 10.3.